The molecule has 0 unspecified atom stereocenters. The Morgan fingerprint density at radius 2 is 2.29 bits per heavy atom. The lowest BCUT2D eigenvalue weighted by molar-refractivity contribution is 0.0696. The van der Waals surface area contributed by atoms with Crippen LogP contribution in [-0.4, -0.2) is 24.4 Å². The highest BCUT2D eigenvalue weighted by Crippen LogP contribution is 2.22. The van der Waals surface area contributed by atoms with E-state index in [1.165, 1.54) is 12.1 Å². The lowest BCUT2D eigenvalue weighted by atomic mass is 10.2. The van der Waals surface area contributed by atoms with Crippen molar-refractivity contribution in [1.29, 1.82) is 0 Å². The summed E-state index contributed by atoms with van der Waals surface area (Å²) in [5.74, 6) is -0.616. The average Bonchev–Trinajstić information content (AvgIpc) is 2.16. The Bertz CT molecular complexity index is 341. The van der Waals surface area contributed by atoms with E-state index in [2.05, 4.69) is 0 Å². The Morgan fingerprint density at radius 1 is 1.57 bits per heavy atom. The number of alkyl halides is 1. The molecule has 0 aliphatic rings. The summed E-state index contributed by atoms with van der Waals surface area (Å²) in [6.07, 6.45) is 0. The molecule has 1 rings (SSSR count). The maximum Gasteiger partial charge on any atom is 0.335 e. The Hall–Kier alpha value is -0.850. The van der Waals surface area contributed by atoms with Crippen LogP contribution in [0.1, 0.15) is 10.4 Å². The van der Waals surface area contributed by atoms with Gasteiger partial charge in [0.25, 0.3) is 0 Å². The predicted octanol–water partition coefficient (Wildman–Crippen LogP) is 2.34. The molecule has 0 amide bonds. The topological polar surface area (TPSA) is 46.5 Å². The number of carboxylic acids is 1. The van der Waals surface area contributed by atoms with Crippen molar-refractivity contribution in [2.45, 2.75) is 0 Å². The Balaban J connectivity index is 2.90. The van der Waals surface area contributed by atoms with Crippen molar-refractivity contribution < 1.29 is 19.0 Å². The first-order valence-electron chi connectivity index (χ1n) is 3.86. The molecule has 0 aromatic heterocycles. The largest absolute Gasteiger partial charge is 0.490 e. The van der Waals surface area contributed by atoms with E-state index in [4.69, 9.17) is 9.84 Å². The molecular formula is C9H8FIO3. The van der Waals surface area contributed by atoms with Gasteiger partial charge in [-0.1, -0.05) is 0 Å². The van der Waals surface area contributed by atoms with Gasteiger partial charge in [0.15, 0.2) is 0 Å². The van der Waals surface area contributed by atoms with Crippen molar-refractivity contribution in [3.8, 4) is 5.75 Å². The average molecular weight is 310 g/mol. The second-order valence-corrected chi connectivity index (χ2v) is 3.65. The first-order valence-corrected chi connectivity index (χ1v) is 4.94. The Labute approximate surface area is 94.0 Å². The molecule has 0 atom stereocenters. The van der Waals surface area contributed by atoms with E-state index in [0.29, 0.717) is 5.75 Å². The molecule has 1 aromatic rings. The van der Waals surface area contributed by atoms with Gasteiger partial charge < -0.3 is 9.84 Å². The zero-order valence-corrected chi connectivity index (χ0v) is 9.32. The molecule has 3 nitrogen and oxygen atoms in total. The minimum atomic E-state index is -1.02. The molecule has 0 saturated heterocycles. The summed E-state index contributed by atoms with van der Waals surface area (Å²) in [7, 11) is 0. The van der Waals surface area contributed by atoms with E-state index < -0.39 is 12.6 Å². The molecule has 0 bridgehead atoms. The van der Waals surface area contributed by atoms with Gasteiger partial charge in [-0.25, -0.2) is 9.18 Å². The third-order valence-electron chi connectivity index (χ3n) is 1.51. The number of hydrogen-bond donors (Lipinski definition) is 1. The number of ether oxygens (including phenoxy) is 1. The van der Waals surface area contributed by atoms with E-state index in [9.17, 15) is 9.18 Å². The molecule has 76 valence electrons. The van der Waals surface area contributed by atoms with Gasteiger partial charge in [-0.2, -0.15) is 0 Å². The van der Waals surface area contributed by atoms with Gasteiger partial charge in [0.2, 0.25) is 0 Å². The molecule has 14 heavy (non-hydrogen) atoms. The SMILES string of the molecule is O=C(O)c1ccc(I)c(OCCF)c1. The molecule has 0 fully saturated rings. The third kappa shape index (κ3) is 2.83. The van der Waals surface area contributed by atoms with Crippen LogP contribution >= 0.6 is 22.6 Å². The van der Waals surface area contributed by atoms with E-state index >= 15 is 0 Å². The fourth-order valence-corrected chi connectivity index (χ4v) is 1.39. The van der Waals surface area contributed by atoms with Gasteiger partial charge in [0, 0.05) is 0 Å². The number of aromatic carboxylic acids is 1. The minimum Gasteiger partial charge on any atom is -0.490 e. The molecule has 0 radical (unpaired) electrons. The second-order valence-electron chi connectivity index (χ2n) is 2.49. The van der Waals surface area contributed by atoms with Crippen LogP contribution < -0.4 is 4.74 Å². The highest BCUT2D eigenvalue weighted by molar-refractivity contribution is 14.1. The van der Waals surface area contributed by atoms with Gasteiger partial charge in [0.05, 0.1) is 9.13 Å². The Morgan fingerprint density at radius 3 is 2.86 bits per heavy atom. The number of benzene rings is 1. The van der Waals surface area contributed by atoms with Gasteiger partial charge in [0.1, 0.15) is 19.0 Å². The maximum absolute atomic E-state index is 11.8. The van der Waals surface area contributed by atoms with Gasteiger partial charge in [-0.05, 0) is 40.8 Å². The van der Waals surface area contributed by atoms with E-state index in [1.807, 2.05) is 22.6 Å². The quantitative estimate of drug-likeness (QED) is 0.868. The summed E-state index contributed by atoms with van der Waals surface area (Å²) < 4.78 is 17.6. The first-order chi connectivity index (χ1) is 6.65. The number of rotatable bonds is 4. The molecule has 0 aliphatic heterocycles. The van der Waals surface area contributed by atoms with Gasteiger partial charge in [-0.15, -0.1) is 0 Å². The van der Waals surface area contributed by atoms with E-state index in [1.54, 1.807) is 6.07 Å². The smallest absolute Gasteiger partial charge is 0.335 e. The molecule has 5 heteroatoms. The Kier molecular flexibility index (Phi) is 4.12. The number of carbonyl (C=O) groups is 1. The van der Waals surface area contributed by atoms with Crippen LogP contribution in [0.25, 0.3) is 0 Å². The van der Waals surface area contributed by atoms with Crippen molar-refractivity contribution in [3.05, 3.63) is 27.3 Å². The molecule has 0 spiro atoms. The number of halogens is 2. The van der Waals surface area contributed by atoms with Crippen LogP contribution in [-0.2, 0) is 0 Å². The lowest BCUT2D eigenvalue weighted by Gasteiger charge is -2.06. The summed E-state index contributed by atoms with van der Waals surface area (Å²) in [5, 5.41) is 8.69. The monoisotopic (exact) mass is 310 g/mol. The molecule has 1 N–H and O–H groups in total. The highest BCUT2D eigenvalue weighted by Gasteiger charge is 2.07. The summed E-state index contributed by atoms with van der Waals surface area (Å²) in [5.41, 5.74) is 0.138. The number of hydrogen-bond acceptors (Lipinski definition) is 2. The zero-order valence-electron chi connectivity index (χ0n) is 7.17. The molecule has 0 saturated carbocycles. The third-order valence-corrected chi connectivity index (χ3v) is 2.40. The lowest BCUT2D eigenvalue weighted by Crippen LogP contribution is -2.02. The highest BCUT2D eigenvalue weighted by atomic mass is 127. The molecule has 0 heterocycles. The van der Waals surface area contributed by atoms with Crippen LogP contribution in [0.5, 0.6) is 5.75 Å². The van der Waals surface area contributed by atoms with Crippen molar-refractivity contribution in [1.82, 2.24) is 0 Å². The normalized spacial score (nSPS) is 9.86. The first kappa shape index (κ1) is 11.2. The van der Waals surface area contributed by atoms with Crippen LogP contribution in [0.3, 0.4) is 0 Å². The summed E-state index contributed by atoms with van der Waals surface area (Å²) >= 11 is 2.00. The van der Waals surface area contributed by atoms with Gasteiger partial charge in [-0.3, -0.25) is 0 Å². The van der Waals surface area contributed by atoms with E-state index in [0.717, 1.165) is 3.57 Å². The summed E-state index contributed by atoms with van der Waals surface area (Å²) in [6, 6.07) is 4.49. The summed E-state index contributed by atoms with van der Waals surface area (Å²) in [6.45, 7) is -0.646. The fraction of sp³-hybridized carbons (Fsp3) is 0.222. The van der Waals surface area contributed by atoms with Gasteiger partial charge >= 0.3 is 5.97 Å². The van der Waals surface area contributed by atoms with Crippen LogP contribution in [0.15, 0.2) is 18.2 Å². The predicted molar refractivity (Wildman–Crippen MR) is 57.6 cm³/mol. The molecular weight excluding hydrogens is 302 g/mol. The van der Waals surface area contributed by atoms with Crippen LogP contribution in [0.2, 0.25) is 0 Å². The van der Waals surface area contributed by atoms with Crippen LogP contribution in [0, 0.1) is 3.57 Å². The van der Waals surface area contributed by atoms with Crippen molar-refractivity contribution in [3.63, 3.8) is 0 Å². The second kappa shape index (κ2) is 5.14. The zero-order chi connectivity index (χ0) is 10.6. The van der Waals surface area contributed by atoms with Crippen molar-refractivity contribution in [2.24, 2.45) is 0 Å². The summed E-state index contributed by atoms with van der Waals surface area (Å²) in [4.78, 5) is 10.6. The van der Waals surface area contributed by atoms with Crippen molar-refractivity contribution >= 4 is 28.6 Å². The van der Waals surface area contributed by atoms with Crippen molar-refractivity contribution in [2.75, 3.05) is 13.3 Å². The van der Waals surface area contributed by atoms with E-state index in [-0.39, 0.29) is 12.2 Å². The number of carboxylic acid groups (broad SMARTS) is 1. The molecule has 1 aromatic carbocycles. The fourth-order valence-electron chi connectivity index (χ4n) is 0.896. The standard InChI is InChI=1S/C9H8FIO3/c10-3-4-14-8-5-6(9(12)13)1-2-7(8)11/h1-2,5H,3-4H2,(H,12,13). The van der Waals surface area contributed by atoms with Crippen LogP contribution in [0.4, 0.5) is 4.39 Å². The maximum atomic E-state index is 11.8. The minimum absolute atomic E-state index is 0.0565. The molecule has 0 aliphatic carbocycles.